The minimum absolute atomic E-state index is 0.00849. The molecule has 98 valence electrons. The van der Waals surface area contributed by atoms with E-state index < -0.39 is 10.2 Å². The third-order valence-corrected chi connectivity index (χ3v) is 4.84. The second-order valence-electron chi connectivity index (χ2n) is 3.89. The Bertz CT molecular complexity index is 276. The maximum atomic E-state index is 12.1. The number of nitrogens with zero attached hydrogens (tertiary/aromatic N) is 2. The van der Waals surface area contributed by atoms with E-state index in [0.29, 0.717) is 13.0 Å². The summed E-state index contributed by atoms with van der Waals surface area (Å²) < 4.78 is 26.8. The maximum Gasteiger partial charge on any atom is 0.281 e. The van der Waals surface area contributed by atoms with Crippen molar-refractivity contribution in [3.8, 4) is 0 Å². The molecule has 16 heavy (non-hydrogen) atoms. The lowest BCUT2D eigenvalue weighted by molar-refractivity contribution is 0.267. The molecule has 0 bridgehead atoms. The Kier molecular flexibility index (Phi) is 7.14. The molecule has 1 N–H and O–H groups in total. The van der Waals surface area contributed by atoms with Gasteiger partial charge >= 0.3 is 0 Å². The average molecular weight is 252 g/mol. The molecule has 0 aromatic rings. The summed E-state index contributed by atoms with van der Waals surface area (Å²) in [5.41, 5.74) is 0. The van der Waals surface area contributed by atoms with Crippen molar-refractivity contribution in [3.63, 3.8) is 0 Å². The number of aliphatic hydroxyl groups excluding tert-OH is 1. The predicted molar refractivity (Wildman–Crippen MR) is 65.4 cm³/mol. The van der Waals surface area contributed by atoms with Crippen LogP contribution in [-0.4, -0.2) is 55.4 Å². The van der Waals surface area contributed by atoms with Crippen LogP contribution in [0.25, 0.3) is 0 Å². The summed E-state index contributed by atoms with van der Waals surface area (Å²) in [6, 6.07) is 0.0431. The van der Waals surface area contributed by atoms with Gasteiger partial charge in [0.15, 0.2) is 0 Å². The molecule has 0 aliphatic rings. The second-order valence-corrected chi connectivity index (χ2v) is 5.99. The minimum atomic E-state index is -3.38. The monoisotopic (exact) mass is 252 g/mol. The summed E-state index contributed by atoms with van der Waals surface area (Å²) in [5.74, 6) is 0. The molecule has 0 spiro atoms. The summed E-state index contributed by atoms with van der Waals surface area (Å²) in [6.45, 7) is 4.32. The van der Waals surface area contributed by atoms with Gasteiger partial charge in [-0.2, -0.15) is 17.0 Å². The van der Waals surface area contributed by atoms with Crippen LogP contribution in [0.3, 0.4) is 0 Å². The predicted octanol–water partition coefficient (Wildman–Crippen LogP) is 0.666. The van der Waals surface area contributed by atoms with Gasteiger partial charge in [-0.1, -0.05) is 13.8 Å². The lowest BCUT2D eigenvalue weighted by Crippen LogP contribution is -2.45. The van der Waals surface area contributed by atoms with Crippen LogP contribution in [0.15, 0.2) is 0 Å². The van der Waals surface area contributed by atoms with Crippen LogP contribution in [0.5, 0.6) is 0 Å². The fraction of sp³-hybridized carbons (Fsp3) is 1.00. The topological polar surface area (TPSA) is 60.9 Å². The van der Waals surface area contributed by atoms with Gasteiger partial charge in [-0.15, -0.1) is 0 Å². The van der Waals surface area contributed by atoms with E-state index in [1.54, 1.807) is 14.1 Å². The molecule has 0 aliphatic heterocycles. The van der Waals surface area contributed by atoms with Gasteiger partial charge in [-0.05, 0) is 19.3 Å². The van der Waals surface area contributed by atoms with Crippen molar-refractivity contribution in [2.45, 2.75) is 39.2 Å². The molecule has 0 unspecified atom stereocenters. The molecule has 0 radical (unpaired) electrons. The van der Waals surface area contributed by atoms with Gasteiger partial charge in [0.2, 0.25) is 0 Å². The third kappa shape index (κ3) is 4.01. The van der Waals surface area contributed by atoms with E-state index in [-0.39, 0.29) is 12.6 Å². The molecule has 0 aromatic heterocycles. The Morgan fingerprint density at radius 2 is 1.69 bits per heavy atom. The van der Waals surface area contributed by atoms with Gasteiger partial charge in [-0.3, -0.25) is 0 Å². The van der Waals surface area contributed by atoms with Gasteiger partial charge in [-0.25, -0.2) is 0 Å². The summed E-state index contributed by atoms with van der Waals surface area (Å²) in [5, 5.41) is 8.69. The lowest BCUT2D eigenvalue weighted by atomic mass is 10.2. The van der Waals surface area contributed by atoms with Gasteiger partial charge < -0.3 is 5.11 Å². The van der Waals surface area contributed by atoms with Crippen LogP contribution >= 0.6 is 0 Å². The molecule has 0 aromatic carbocycles. The van der Waals surface area contributed by atoms with Crippen molar-refractivity contribution >= 4 is 10.2 Å². The smallest absolute Gasteiger partial charge is 0.281 e. The number of rotatable bonds is 8. The first-order valence-corrected chi connectivity index (χ1v) is 7.11. The highest BCUT2D eigenvalue weighted by Crippen LogP contribution is 2.13. The zero-order valence-electron chi connectivity index (χ0n) is 10.7. The van der Waals surface area contributed by atoms with E-state index in [1.165, 1.54) is 8.61 Å². The molecule has 5 nitrogen and oxygen atoms in total. The summed E-state index contributed by atoms with van der Waals surface area (Å²) >= 11 is 0. The molecule has 6 heteroatoms. The SMILES string of the molecule is CCC(CC)N(C)S(=O)(=O)N(C)CCCO. The zero-order chi connectivity index (χ0) is 12.8. The average Bonchev–Trinajstić information content (AvgIpc) is 2.27. The Hall–Kier alpha value is -0.170. The largest absolute Gasteiger partial charge is 0.396 e. The van der Waals surface area contributed by atoms with Crippen LogP contribution in [0.1, 0.15) is 33.1 Å². The van der Waals surface area contributed by atoms with Crippen LogP contribution < -0.4 is 0 Å². The van der Waals surface area contributed by atoms with Crippen LogP contribution in [0.4, 0.5) is 0 Å². The highest BCUT2D eigenvalue weighted by molar-refractivity contribution is 7.86. The van der Waals surface area contributed by atoms with E-state index in [9.17, 15) is 8.42 Å². The fourth-order valence-corrected chi connectivity index (χ4v) is 3.09. The van der Waals surface area contributed by atoms with Crippen molar-refractivity contribution in [2.24, 2.45) is 0 Å². The molecular formula is C10H24N2O3S. The summed E-state index contributed by atoms with van der Waals surface area (Å²) in [4.78, 5) is 0. The Morgan fingerprint density at radius 1 is 1.19 bits per heavy atom. The Balaban J connectivity index is 4.63. The molecule has 0 saturated carbocycles. The van der Waals surface area contributed by atoms with Gasteiger partial charge in [0, 0.05) is 33.3 Å². The van der Waals surface area contributed by atoms with Crippen LogP contribution in [0.2, 0.25) is 0 Å². The molecule has 0 fully saturated rings. The van der Waals surface area contributed by atoms with Crippen molar-refractivity contribution in [1.29, 1.82) is 0 Å². The lowest BCUT2D eigenvalue weighted by Gasteiger charge is -2.29. The fourth-order valence-electron chi connectivity index (χ4n) is 1.62. The summed E-state index contributed by atoms with van der Waals surface area (Å²) in [6.07, 6.45) is 2.08. The first-order chi connectivity index (χ1) is 7.41. The minimum Gasteiger partial charge on any atom is -0.396 e. The van der Waals surface area contributed by atoms with E-state index in [0.717, 1.165) is 12.8 Å². The van der Waals surface area contributed by atoms with Crippen molar-refractivity contribution < 1.29 is 13.5 Å². The van der Waals surface area contributed by atoms with E-state index in [2.05, 4.69) is 0 Å². The van der Waals surface area contributed by atoms with Gasteiger partial charge in [0.1, 0.15) is 0 Å². The molecule has 0 heterocycles. The van der Waals surface area contributed by atoms with Gasteiger partial charge in [0.05, 0.1) is 0 Å². The normalized spacial score (nSPS) is 13.0. The molecule has 0 amide bonds. The van der Waals surface area contributed by atoms with Crippen LogP contribution in [0, 0.1) is 0 Å². The number of hydrogen-bond acceptors (Lipinski definition) is 3. The second kappa shape index (κ2) is 7.21. The van der Waals surface area contributed by atoms with Crippen LogP contribution in [-0.2, 0) is 10.2 Å². The molecular weight excluding hydrogens is 228 g/mol. The van der Waals surface area contributed by atoms with Crippen molar-refractivity contribution in [1.82, 2.24) is 8.61 Å². The Morgan fingerprint density at radius 3 is 2.06 bits per heavy atom. The first kappa shape index (κ1) is 15.8. The van der Waals surface area contributed by atoms with Crippen molar-refractivity contribution in [3.05, 3.63) is 0 Å². The Labute approximate surface area is 99.2 Å². The molecule has 0 saturated heterocycles. The van der Waals surface area contributed by atoms with Gasteiger partial charge in [0.25, 0.3) is 10.2 Å². The van der Waals surface area contributed by atoms with Crippen molar-refractivity contribution in [2.75, 3.05) is 27.2 Å². The number of hydrogen-bond donors (Lipinski definition) is 1. The number of aliphatic hydroxyl groups is 1. The highest BCUT2D eigenvalue weighted by atomic mass is 32.2. The van der Waals surface area contributed by atoms with E-state index in [1.807, 2.05) is 13.8 Å². The quantitative estimate of drug-likeness (QED) is 0.690. The standard InChI is InChI=1S/C10H24N2O3S/c1-5-10(6-2)12(4)16(14,15)11(3)8-7-9-13/h10,13H,5-9H2,1-4H3. The highest BCUT2D eigenvalue weighted by Gasteiger charge is 2.27. The third-order valence-electron chi connectivity index (χ3n) is 2.85. The maximum absolute atomic E-state index is 12.1. The summed E-state index contributed by atoms with van der Waals surface area (Å²) in [7, 11) is -0.220. The molecule has 0 aliphatic carbocycles. The zero-order valence-corrected chi connectivity index (χ0v) is 11.5. The molecule has 0 atom stereocenters. The first-order valence-electron chi connectivity index (χ1n) is 5.71. The molecule has 0 rings (SSSR count). The van der Waals surface area contributed by atoms with E-state index in [4.69, 9.17) is 5.11 Å². The van der Waals surface area contributed by atoms with E-state index >= 15 is 0 Å².